The minimum absolute atomic E-state index is 0.183. The molecule has 4 heteroatoms. The highest BCUT2D eigenvalue weighted by molar-refractivity contribution is 9.10. The van der Waals surface area contributed by atoms with Crippen LogP contribution < -0.4 is 10.1 Å². The van der Waals surface area contributed by atoms with E-state index in [1.165, 1.54) is 5.56 Å². The average molecular weight is 321 g/mol. The lowest BCUT2D eigenvalue weighted by Gasteiger charge is -2.15. The van der Waals surface area contributed by atoms with Crippen LogP contribution in [0.4, 0.5) is 5.82 Å². The van der Waals surface area contributed by atoms with Gasteiger partial charge in [0.05, 0.1) is 6.04 Å². The topological polar surface area (TPSA) is 34.1 Å². The summed E-state index contributed by atoms with van der Waals surface area (Å²) in [7, 11) is 0. The minimum Gasteiger partial charge on any atom is -0.491 e. The molecule has 0 saturated carbocycles. The highest BCUT2D eigenvalue weighted by atomic mass is 79.9. The highest BCUT2D eigenvalue weighted by Gasteiger charge is 2.04. The largest absolute Gasteiger partial charge is 0.491 e. The Balaban J connectivity index is 1.84. The maximum Gasteiger partial charge on any atom is 0.127 e. The molecule has 0 bridgehead atoms. The van der Waals surface area contributed by atoms with Crippen LogP contribution in [-0.4, -0.2) is 17.6 Å². The summed E-state index contributed by atoms with van der Waals surface area (Å²) < 4.78 is 6.55. The number of anilines is 1. The first kappa shape index (κ1) is 13.9. The van der Waals surface area contributed by atoms with Crippen LogP contribution in [0.1, 0.15) is 12.5 Å². The quantitative estimate of drug-likeness (QED) is 0.844. The average Bonchev–Trinajstić information content (AvgIpc) is 2.38. The van der Waals surface area contributed by atoms with E-state index in [0.29, 0.717) is 6.61 Å². The molecule has 3 nitrogen and oxygen atoms in total. The van der Waals surface area contributed by atoms with Gasteiger partial charge in [0.25, 0.3) is 0 Å². The summed E-state index contributed by atoms with van der Waals surface area (Å²) in [5.74, 6) is 1.73. The zero-order valence-corrected chi connectivity index (χ0v) is 12.6. The molecule has 0 aliphatic carbocycles. The minimum atomic E-state index is 0.183. The van der Waals surface area contributed by atoms with E-state index in [4.69, 9.17) is 4.74 Å². The van der Waals surface area contributed by atoms with Crippen molar-refractivity contribution in [2.75, 3.05) is 11.9 Å². The molecule has 100 valence electrons. The van der Waals surface area contributed by atoms with Crippen LogP contribution in [0.25, 0.3) is 0 Å². The van der Waals surface area contributed by atoms with E-state index >= 15 is 0 Å². The predicted octanol–water partition coefficient (Wildman–Crippen LogP) is 4.03. The first-order chi connectivity index (χ1) is 9.13. The van der Waals surface area contributed by atoms with E-state index < -0.39 is 0 Å². The number of nitrogens with zero attached hydrogens (tertiary/aromatic N) is 1. The van der Waals surface area contributed by atoms with Gasteiger partial charge >= 0.3 is 0 Å². The standard InChI is InChI=1S/C15H17BrN2O/c1-11-6-8-13(9-7-11)19-10-12(2)17-15-5-3-4-14(16)18-15/h3-9,12H,10H2,1-2H3,(H,17,18). The molecule has 0 fully saturated rings. The fraction of sp³-hybridized carbons (Fsp3) is 0.267. The number of halogens is 1. The molecular weight excluding hydrogens is 304 g/mol. The number of rotatable bonds is 5. The Labute approximate surface area is 122 Å². The molecule has 0 spiro atoms. The van der Waals surface area contributed by atoms with Crippen molar-refractivity contribution in [2.45, 2.75) is 19.9 Å². The summed E-state index contributed by atoms with van der Waals surface area (Å²) in [6.45, 7) is 4.72. The molecule has 1 N–H and O–H groups in total. The lowest BCUT2D eigenvalue weighted by atomic mass is 10.2. The molecular formula is C15H17BrN2O. The van der Waals surface area contributed by atoms with Crippen molar-refractivity contribution in [1.82, 2.24) is 4.98 Å². The first-order valence-corrected chi connectivity index (χ1v) is 7.01. The molecule has 2 aromatic rings. The van der Waals surface area contributed by atoms with Crippen molar-refractivity contribution in [3.8, 4) is 5.75 Å². The molecule has 1 aromatic carbocycles. The fourth-order valence-corrected chi connectivity index (χ4v) is 1.98. The Bertz CT molecular complexity index is 528. The molecule has 1 unspecified atom stereocenters. The van der Waals surface area contributed by atoms with E-state index in [-0.39, 0.29) is 6.04 Å². The summed E-state index contributed by atoms with van der Waals surface area (Å²) in [6, 6.07) is 14.0. The summed E-state index contributed by atoms with van der Waals surface area (Å²) in [5.41, 5.74) is 1.23. The van der Waals surface area contributed by atoms with Gasteiger partial charge in [-0.25, -0.2) is 4.98 Å². The number of nitrogens with one attached hydrogen (secondary N) is 1. The number of aromatic nitrogens is 1. The Morgan fingerprint density at radius 1 is 1.21 bits per heavy atom. The third-order valence-corrected chi connectivity index (χ3v) is 3.07. The summed E-state index contributed by atoms with van der Waals surface area (Å²) in [5, 5.41) is 3.30. The van der Waals surface area contributed by atoms with Gasteiger partial charge in [0.1, 0.15) is 22.8 Å². The SMILES string of the molecule is Cc1ccc(OCC(C)Nc2cccc(Br)n2)cc1. The van der Waals surface area contributed by atoms with E-state index in [1.54, 1.807) is 0 Å². The molecule has 2 rings (SSSR count). The number of pyridine rings is 1. The second kappa shape index (κ2) is 6.57. The number of hydrogen-bond acceptors (Lipinski definition) is 3. The van der Waals surface area contributed by atoms with Gasteiger partial charge in [-0.1, -0.05) is 23.8 Å². The van der Waals surface area contributed by atoms with Gasteiger partial charge < -0.3 is 10.1 Å². The molecule has 0 radical (unpaired) electrons. The summed E-state index contributed by atoms with van der Waals surface area (Å²) in [6.07, 6.45) is 0. The zero-order chi connectivity index (χ0) is 13.7. The van der Waals surface area contributed by atoms with Gasteiger partial charge in [-0.05, 0) is 54.0 Å². The predicted molar refractivity (Wildman–Crippen MR) is 81.7 cm³/mol. The monoisotopic (exact) mass is 320 g/mol. The van der Waals surface area contributed by atoms with E-state index in [0.717, 1.165) is 16.2 Å². The molecule has 0 aliphatic rings. The fourth-order valence-electron chi connectivity index (χ4n) is 1.64. The van der Waals surface area contributed by atoms with E-state index in [2.05, 4.69) is 40.1 Å². The van der Waals surface area contributed by atoms with Crippen molar-refractivity contribution in [1.29, 1.82) is 0 Å². The third kappa shape index (κ3) is 4.56. The molecule has 1 atom stereocenters. The Morgan fingerprint density at radius 2 is 1.95 bits per heavy atom. The lowest BCUT2D eigenvalue weighted by molar-refractivity contribution is 0.303. The van der Waals surface area contributed by atoms with Crippen molar-refractivity contribution in [3.63, 3.8) is 0 Å². The maximum atomic E-state index is 5.72. The molecule has 1 heterocycles. The van der Waals surface area contributed by atoms with E-state index in [1.807, 2.05) is 42.5 Å². The Kier molecular flexibility index (Phi) is 4.80. The van der Waals surface area contributed by atoms with Crippen molar-refractivity contribution in [3.05, 3.63) is 52.6 Å². The molecule has 1 aromatic heterocycles. The number of hydrogen-bond donors (Lipinski definition) is 1. The van der Waals surface area contributed by atoms with Gasteiger partial charge in [-0.2, -0.15) is 0 Å². The van der Waals surface area contributed by atoms with Crippen LogP contribution in [0.5, 0.6) is 5.75 Å². The number of ether oxygens (including phenoxy) is 1. The molecule has 0 saturated heterocycles. The lowest BCUT2D eigenvalue weighted by Crippen LogP contribution is -2.24. The number of benzene rings is 1. The zero-order valence-electron chi connectivity index (χ0n) is 11.1. The second-order valence-corrected chi connectivity index (χ2v) is 5.33. The molecule has 19 heavy (non-hydrogen) atoms. The smallest absolute Gasteiger partial charge is 0.127 e. The second-order valence-electron chi connectivity index (χ2n) is 4.51. The third-order valence-electron chi connectivity index (χ3n) is 2.63. The molecule has 0 aliphatic heterocycles. The normalized spacial score (nSPS) is 11.9. The van der Waals surface area contributed by atoms with Gasteiger partial charge in [0.2, 0.25) is 0 Å². The Hall–Kier alpha value is -1.55. The van der Waals surface area contributed by atoms with E-state index in [9.17, 15) is 0 Å². The first-order valence-electron chi connectivity index (χ1n) is 6.22. The Morgan fingerprint density at radius 3 is 2.63 bits per heavy atom. The van der Waals surface area contributed by atoms with Gasteiger partial charge in [0, 0.05) is 0 Å². The summed E-state index contributed by atoms with van der Waals surface area (Å²) in [4.78, 5) is 4.33. The van der Waals surface area contributed by atoms with Crippen molar-refractivity contribution >= 4 is 21.7 Å². The number of aryl methyl sites for hydroxylation is 1. The van der Waals surface area contributed by atoms with Crippen LogP contribution in [0.15, 0.2) is 47.1 Å². The van der Waals surface area contributed by atoms with Crippen LogP contribution in [0, 0.1) is 6.92 Å². The van der Waals surface area contributed by atoms with Crippen LogP contribution >= 0.6 is 15.9 Å². The summed E-state index contributed by atoms with van der Waals surface area (Å²) >= 11 is 3.35. The van der Waals surface area contributed by atoms with Gasteiger partial charge in [-0.15, -0.1) is 0 Å². The molecule has 0 amide bonds. The van der Waals surface area contributed by atoms with Crippen LogP contribution in [0.3, 0.4) is 0 Å². The van der Waals surface area contributed by atoms with Gasteiger partial charge in [0.15, 0.2) is 0 Å². The van der Waals surface area contributed by atoms with Crippen LogP contribution in [-0.2, 0) is 0 Å². The van der Waals surface area contributed by atoms with Crippen molar-refractivity contribution in [2.24, 2.45) is 0 Å². The van der Waals surface area contributed by atoms with Crippen LogP contribution in [0.2, 0.25) is 0 Å². The van der Waals surface area contributed by atoms with Crippen molar-refractivity contribution < 1.29 is 4.74 Å². The maximum absolute atomic E-state index is 5.72. The van der Waals surface area contributed by atoms with Gasteiger partial charge in [-0.3, -0.25) is 0 Å². The highest BCUT2D eigenvalue weighted by Crippen LogP contribution is 2.13.